The standard InChI is InChI=1S/C29H49N3O5/c1-9-10-11-12-13-14-19-32(26(35)23(20-33)30-27(36)37-29(6,7)8)24(25(34)31-28(3,4)5)22-17-15-21(2)16-18-22/h15-18,23-24,33H,9-14,19-20H2,1-8H3,(H,30,36)(H,31,34). The maximum atomic E-state index is 13.8. The number of aliphatic hydroxyl groups excluding tert-OH is 1. The summed E-state index contributed by atoms with van der Waals surface area (Å²) in [5.74, 6) is -0.846. The molecule has 1 rings (SSSR count). The average Bonchev–Trinajstić information content (AvgIpc) is 2.77. The maximum Gasteiger partial charge on any atom is 0.408 e. The van der Waals surface area contributed by atoms with Crippen LogP contribution in [-0.2, 0) is 14.3 Å². The van der Waals surface area contributed by atoms with Crippen molar-refractivity contribution >= 4 is 17.9 Å². The van der Waals surface area contributed by atoms with Crippen LogP contribution in [0.5, 0.6) is 0 Å². The van der Waals surface area contributed by atoms with Crippen LogP contribution >= 0.6 is 0 Å². The number of ether oxygens (including phenoxy) is 1. The zero-order chi connectivity index (χ0) is 28.2. The van der Waals surface area contributed by atoms with Crippen LogP contribution in [0.25, 0.3) is 0 Å². The first kappa shape index (κ1) is 32.4. The fourth-order valence-corrected chi connectivity index (χ4v) is 3.92. The number of carbonyl (C=O) groups is 3. The van der Waals surface area contributed by atoms with Crippen LogP contribution in [0, 0.1) is 6.92 Å². The van der Waals surface area contributed by atoms with Crippen LogP contribution in [0.3, 0.4) is 0 Å². The molecule has 0 aromatic heterocycles. The zero-order valence-corrected chi connectivity index (χ0v) is 24.1. The Morgan fingerprint density at radius 2 is 1.51 bits per heavy atom. The number of benzene rings is 1. The molecule has 0 saturated carbocycles. The number of hydrogen-bond donors (Lipinski definition) is 3. The van der Waals surface area contributed by atoms with Crippen molar-refractivity contribution in [3.63, 3.8) is 0 Å². The van der Waals surface area contributed by atoms with Gasteiger partial charge in [-0.1, -0.05) is 68.9 Å². The highest BCUT2D eigenvalue weighted by Crippen LogP contribution is 2.25. The largest absolute Gasteiger partial charge is 0.444 e. The quantitative estimate of drug-likeness (QED) is 0.317. The highest BCUT2D eigenvalue weighted by molar-refractivity contribution is 5.92. The van der Waals surface area contributed by atoms with Crippen LogP contribution in [0.15, 0.2) is 24.3 Å². The maximum absolute atomic E-state index is 13.8. The van der Waals surface area contributed by atoms with E-state index in [9.17, 15) is 19.5 Å². The fraction of sp³-hybridized carbons (Fsp3) is 0.690. The molecule has 1 aromatic carbocycles. The van der Waals surface area contributed by atoms with Gasteiger partial charge in [-0.15, -0.1) is 0 Å². The number of hydrogen-bond acceptors (Lipinski definition) is 5. The molecule has 3 N–H and O–H groups in total. The van der Waals surface area contributed by atoms with E-state index >= 15 is 0 Å². The van der Waals surface area contributed by atoms with Crippen LogP contribution in [0.4, 0.5) is 4.79 Å². The van der Waals surface area contributed by atoms with Crippen LogP contribution in [-0.4, -0.2) is 58.2 Å². The Bertz CT molecular complexity index is 856. The SMILES string of the molecule is CCCCCCCCN(C(=O)C(CO)NC(=O)OC(C)(C)C)C(C(=O)NC(C)(C)C)c1ccc(C)cc1. The molecule has 0 aliphatic rings. The number of unbranched alkanes of at least 4 members (excludes halogenated alkanes) is 5. The third kappa shape index (κ3) is 12.5. The van der Waals surface area contributed by atoms with Gasteiger partial charge in [0.2, 0.25) is 11.8 Å². The van der Waals surface area contributed by atoms with E-state index < -0.39 is 41.8 Å². The Morgan fingerprint density at radius 3 is 2.03 bits per heavy atom. The molecule has 37 heavy (non-hydrogen) atoms. The first-order valence-electron chi connectivity index (χ1n) is 13.5. The summed E-state index contributed by atoms with van der Waals surface area (Å²) in [6.45, 7) is 14.6. The molecule has 0 heterocycles. The smallest absolute Gasteiger partial charge is 0.408 e. The van der Waals surface area contributed by atoms with Crippen LogP contribution < -0.4 is 10.6 Å². The first-order valence-corrected chi connectivity index (χ1v) is 13.5. The summed E-state index contributed by atoms with van der Waals surface area (Å²) in [4.78, 5) is 41.3. The predicted octanol–water partition coefficient (Wildman–Crippen LogP) is 5.03. The van der Waals surface area contributed by atoms with E-state index in [1.165, 1.54) is 4.90 Å². The van der Waals surface area contributed by atoms with Crippen molar-refractivity contribution in [1.29, 1.82) is 0 Å². The molecule has 1 aromatic rings. The predicted molar refractivity (Wildman–Crippen MR) is 147 cm³/mol. The molecule has 0 aliphatic carbocycles. The van der Waals surface area contributed by atoms with Gasteiger partial charge in [-0.2, -0.15) is 0 Å². The molecule has 2 atom stereocenters. The van der Waals surface area contributed by atoms with Gasteiger partial charge >= 0.3 is 6.09 Å². The van der Waals surface area contributed by atoms with E-state index in [0.29, 0.717) is 18.5 Å². The van der Waals surface area contributed by atoms with Gasteiger partial charge in [-0.05, 0) is 60.5 Å². The highest BCUT2D eigenvalue weighted by atomic mass is 16.6. The van der Waals surface area contributed by atoms with Gasteiger partial charge in [0.05, 0.1) is 6.61 Å². The Labute approximate surface area is 223 Å². The van der Waals surface area contributed by atoms with Crippen molar-refractivity contribution < 1.29 is 24.2 Å². The van der Waals surface area contributed by atoms with Crippen molar-refractivity contribution in [2.75, 3.05) is 13.2 Å². The summed E-state index contributed by atoms with van der Waals surface area (Å²) in [7, 11) is 0. The molecule has 8 heteroatoms. The number of rotatable bonds is 13. The summed E-state index contributed by atoms with van der Waals surface area (Å²) in [5, 5.41) is 15.6. The second-order valence-electron chi connectivity index (χ2n) is 11.7. The molecule has 0 radical (unpaired) electrons. The Kier molecular flexibility index (Phi) is 13.1. The van der Waals surface area contributed by atoms with Crippen molar-refractivity contribution in [3.8, 4) is 0 Å². The second-order valence-corrected chi connectivity index (χ2v) is 11.7. The Morgan fingerprint density at radius 1 is 0.946 bits per heavy atom. The molecule has 210 valence electrons. The normalized spacial score (nSPS) is 13.4. The lowest BCUT2D eigenvalue weighted by Crippen LogP contribution is -2.55. The Balaban J connectivity index is 3.34. The topological polar surface area (TPSA) is 108 Å². The third-order valence-corrected chi connectivity index (χ3v) is 5.66. The van der Waals surface area contributed by atoms with Gasteiger partial charge in [-0.25, -0.2) is 4.79 Å². The molecular weight excluding hydrogens is 470 g/mol. The van der Waals surface area contributed by atoms with Crippen LogP contribution in [0.1, 0.15) is 104 Å². The van der Waals surface area contributed by atoms with Crippen molar-refractivity contribution in [2.45, 2.75) is 117 Å². The van der Waals surface area contributed by atoms with Gasteiger partial charge in [0.15, 0.2) is 0 Å². The molecule has 8 nitrogen and oxygen atoms in total. The lowest BCUT2D eigenvalue weighted by Gasteiger charge is -2.35. The first-order chi connectivity index (χ1) is 17.2. The summed E-state index contributed by atoms with van der Waals surface area (Å²) < 4.78 is 5.30. The monoisotopic (exact) mass is 519 g/mol. The van der Waals surface area contributed by atoms with Gasteiger partial charge in [-0.3, -0.25) is 9.59 Å². The minimum absolute atomic E-state index is 0.313. The van der Waals surface area contributed by atoms with E-state index in [1.807, 2.05) is 52.0 Å². The number of amides is 3. The lowest BCUT2D eigenvalue weighted by molar-refractivity contribution is -0.144. The summed E-state index contributed by atoms with van der Waals surface area (Å²) in [5.41, 5.74) is 0.426. The third-order valence-electron chi connectivity index (χ3n) is 5.66. The van der Waals surface area contributed by atoms with E-state index in [0.717, 1.165) is 37.7 Å². The zero-order valence-electron chi connectivity index (χ0n) is 24.1. The minimum Gasteiger partial charge on any atom is -0.444 e. The average molecular weight is 520 g/mol. The number of aliphatic hydroxyl groups is 1. The fourth-order valence-electron chi connectivity index (χ4n) is 3.92. The number of aryl methyl sites for hydroxylation is 1. The van der Waals surface area contributed by atoms with Crippen molar-refractivity contribution in [1.82, 2.24) is 15.5 Å². The molecular formula is C29H49N3O5. The van der Waals surface area contributed by atoms with Gasteiger partial charge in [0, 0.05) is 12.1 Å². The number of carbonyl (C=O) groups excluding carboxylic acids is 3. The molecule has 2 unspecified atom stereocenters. The molecule has 0 aliphatic heterocycles. The van der Waals surface area contributed by atoms with Gasteiger partial charge < -0.3 is 25.4 Å². The highest BCUT2D eigenvalue weighted by Gasteiger charge is 2.36. The van der Waals surface area contributed by atoms with E-state index in [4.69, 9.17) is 4.74 Å². The molecule has 0 spiro atoms. The van der Waals surface area contributed by atoms with E-state index in [-0.39, 0.29) is 5.91 Å². The Hall–Kier alpha value is -2.61. The summed E-state index contributed by atoms with van der Waals surface area (Å²) in [6, 6.07) is 5.34. The van der Waals surface area contributed by atoms with Crippen molar-refractivity contribution in [3.05, 3.63) is 35.4 Å². The number of nitrogens with one attached hydrogen (secondary N) is 2. The van der Waals surface area contributed by atoms with Crippen molar-refractivity contribution in [2.24, 2.45) is 0 Å². The number of nitrogens with zero attached hydrogens (tertiary/aromatic N) is 1. The van der Waals surface area contributed by atoms with E-state index in [2.05, 4.69) is 17.6 Å². The second kappa shape index (κ2) is 15.0. The summed E-state index contributed by atoms with van der Waals surface area (Å²) in [6.07, 6.45) is 5.27. The van der Waals surface area contributed by atoms with Gasteiger partial charge in [0.25, 0.3) is 0 Å². The van der Waals surface area contributed by atoms with Crippen LogP contribution in [0.2, 0.25) is 0 Å². The molecule has 3 amide bonds. The summed E-state index contributed by atoms with van der Waals surface area (Å²) >= 11 is 0. The molecule has 0 saturated heterocycles. The lowest BCUT2D eigenvalue weighted by atomic mass is 9.99. The van der Waals surface area contributed by atoms with E-state index in [1.54, 1.807) is 20.8 Å². The number of alkyl carbamates (subject to hydrolysis) is 1. The van der Waals surface area contributed by atoms with Gasteiger partial charge in [0.1, 0.15) is 17.7 Å². The molecule has 0 bridgehead atoms. The minimum atomic E-state index is -1.25. The molecule has 0 fully saturated rings.